The van der Waals surface area contributed by atoms with Crippen LogP contribution in [0.4, 0.5) is 5.69 Å². The Balaban J connectivity index is 1.75. The van der Waals surface area contributed by atoms with Crippen LogP contribution in [0.15, 0.2) is 71.6 Å². The monoisotopic (exact) mass is 442 g/mol. The lowest BCUT2D eigenvalue weighted by Crippen LogP contribution is -2.27. The van der Waals surface area contributed by atoms with Gasteiger partial charge in [-0.25, -0.2) is 8.42 Å². The second kappa shape index (κ2) is 8.90. The maximum absolute atomic E-state index is 12.7. The number of anilines is 1. The molecule has 0 aliphatic heterocycles. The van der Waals surface area contributed by atoms with Gasteiger partial charge in [-0.3, -0.25) is 9.52 Å². The van der Waals surface area contributed by atoms with Crippen molar-refractivity contribution in [2.24, 2.45) is 0 Å². The van der Waals surface area contributed by atoms with Crippen molar-refractivity contribution in [3.63, 3.8) is 0 Å². The topological polar surface area (TPSA) is 75.3 Å². The molecule has 0 aliphatic rings. The third-order valence-electron chi connectivity index (χ3n) is 4.80. The fourth-order valence-corrected chi connectivity index (χ4v) is 4.43. The van der Waals surface area contributed by atoms with Crippen molar-refractivity contribution in [2.45, 2.75) is 31.7 Å². The summed E-state index contributed by atoms with van der Waals surface area (Å²) in [5.74, 6) is -0.330. The molecule has 156 valence electrons. The Morgan fingerprint density at radius 3 is 2.27 bits per heavy atom. The number of amides is 1. The molecular formula is C23H23ClN2O3S. The molecule has 1 atom stereocenters. The van der Waals surface area contributed by atoms with E-state index in [1.165, 1.54) is 30.3 Å². The van der Waals surface area contributed by atoms with Crippen LogP contribution in [0.1, 0.15) is 40.0 Å². The van der Waals surface area contributed by atoms with Gasteiger partial charge in [-0.05, 0) is 62.2 Å². The van der Waals surface area contributed by atoms with Crippen molar-refractivity contribution in [1.29, 1.82) is 0 Å². The predicted molar refractivity (Wildman–Crippen MR) is 120 cm³/mol. The number of halogens is 1. The molecule has 0 fully saturated rings. The third-order valence-corrected chi connectivity index (χ3v) is 6.51. The average Bonchev–Trinajstić information content (AvgIpc) is 2.68. The minimum atomic E-state index is -3.75. The van der Waals surface area contributed by atoms with Crippen molar-refractivity contribution < 1.29 is 13.2 Å². The Morgan fingerprint density at radius 2 is 1.63 bits per heavy atom. The molecule has 0 unspecified atom stereocenters. The summed E-state index contributed by atoms with van der Waals surface area (Å²) < 4.78 is 27.6. The van der Waals surface area contributed by atoms with Crippen molar-refractivity contribution in [2.75, 3.05) is 4.72 Å². The van der Waals surface area contributed by atoms with Crippen LogP contribution in [0.3, 0.4) is 0 Å². The molecule has 3 aromatic rings. The fraction of sp³-hybridized carbons (Fsp3) is 0.174. The van der Waals surface area contributed by atoms with Gasteiger partial charge < -0.3 is 5.32 Å². The van der Waals surface area contributed by atoms with E-state index in [2.05, 4.69) is 10.0 Å². The summed E-state index contributed by atoms with van der Waals surface area (Å²) in [6.07, 6.45) is 0. The van der Waals surface area contributed by atoms with Gasteiger partial charge in [0.25, 0.3) is 15.9 Å². The summed E-state index contributed by atoms with van der Waals surface area (Å²) in [6, 6.07) is 18.6. The summed E-state index contributed by atoms with van der Waals surface area (Å²) >= 11 is 6.28. The van der Waals surface area contributed by atoms with Gasteiger partial charge in [-0.1, -0.05) is 53.6 Å². The Bertz CT molecular complexity index is 1180. The van der Waals surface area contributed by atoms with Gasteiger partial charge in [-0.2, -0.15) is 0 Å². The van der Waals surface area contributed by atoms with Crippen molar-refractivity contribution in [1.82, 2.24) is 5.32 Å². The smallest absolute Gasteiger partial charge is 0.261 e. The molecule has 3 rings (SSSR count). The van der Waals surface area contributed by atoms with E-state index in [1.54, 1.807) is 12.1 Å². The second-order valence-electron chi connectivity index (χ2n) is 7.16. The highest BCUT2D eigenvalue weighted by atomic mass is 35.5. The molecular weight excluding hydrogens is 420 g/mol. The summed E-state index contributed by atoms with van der Waals surface area (Å²) in [6.45, 7) is 5.77. The quantitative estimate of drug-likeness (QED) is 0.547. The molecule has 0 saturated carbocycles. The number of benzene rings is 3. The first-order valence-corrected chi connectivity index (χ1v) is 11.3. The van der Waals surface area contributed by atoms with E-state index in [-0.39, 0.29) is 33.1 Å². The van der Waals surface area contributed by atoms with E-state index in [0.717, 1.165) is 16.7 Å². The van der Waals surface area contributed by atoms with Crippen molar-refractivity contribution in [3.05, 3.63) is 94.0 Å². The van der Waals surface area contributed by atoms with Crippen LogP contribution in [0.25, 0.3) is 0 Å². The van der Waals surface area contributed by atoms with E-state index in [9.17, 15) is 13.2 Å². The molecule has 1 amide bonds. The SMILES string of the molecule is Cc1ccc(S(=O)(=O)Nc2ccc(C(=O)N[C@@H](C)c3ccccc3C)c(Cl)c2)cc1. The van der Waals surface area contributed by atoms with Crippen molar-refractivity contribution in [3.8, 4) is 0 Å². The first-order chi connectivity index (χ1) is 14.2. The first kappa shape index (κ1) is 21.9. The highest BCUT2D eigenvalue weighted by molar-refractivity contribution is 7.92. The van der Waals surface area contributed by atoms with Crippen molar-refractivity contribution >= 4 is 33.2 Å². The highest BCUT2D eigenvalue weighted by Gasteiger charge is 2.18. The molecule has 7 heteroatoms. The number of sulfonamides is 1. The third kappa shape index (κ3) is 5.01. The van der Waals surface area contributed by atoms with Crippen LogP contribution in [-0.4, -0.2) is 14.3 Å². The van der Waals surface area contributed by atoms with Crippen LogP contribution in [-0.2, 0) is 10.0 Å². The molecule has 0 bridgehead atoms. The van der Waals surface area contributed by atoms with Gasteiger partial charge in [0, 0.05) is 0 Å². The molecule has 0 aliphatic carbocycles. The summed E-state index contributed by atoms with van der Waals surface area (Å²) in [4.78, 5) is 12.8. The number of carbonyl (C=O) groups excluding carboxylic acids is 1. The van der Waals surface area contributed by atoms with Gasteiger partial charge in [-0.15, -0.1) is 0 Å². The molecule has 2 N–H and O–H groups in total. The summed E-state index contributed by atoms with van der Waals surface area (Å²) in [5.41, 5.74) is 3.62. The average molecular weight is 443 g/mol. The lowest BCUT2D eigenvalue weighted by molar-refractivity contribution is 0.0940. The largest absolute Gasteiger partial charge is 0.345 e. The number of hydrogen-bond acceptors (Lipinski definition) is 3. The van der Waals surface area contributed by atoms with E-state index in [1.807, 2.05) is 45.0 Å². The molecule has 30 heavy (non-hydrogen) atoms. The Morgan fingerprint density at radius 1 is 0.967 bits per heavy atom. The highest BCUT2D eigenvalue weighted by Crippen LogP contribution is 2.25. The molecule has 0 saturated heterocycles. The zero-order chi connectivity index (χ0) is 21.9. The van der Waals surface area contributed by atoms with Crippen LogP contribution >= 0.6 is 11.6 Å². The number of nitrogens with one attached hydrogen (secondary N) is 2. The Labute approximate surface area is 182 Å². The summed E-state index contributed by atoms with van der Waals surface area (Å²) in [7, 11) is -3.75. The Hall–Kier alpha value is -2.83. The van der Waals surface area contributed by atoms with E-state index < -0.39 is 10.0 Å². The zero-order valence-corrected chi connectivity index (χ0v) is 18.5. The normalized spacial score (nSPS) is 12.3. The predicted octanol–water partition coefficient (Wildman–Crippen LogP) is 5.25. The molecule has 5 nitrogen and oxygen atoms in total. The van der Waals surface area contributed by atoms with E-state index in [0.29, 0.717) is 0 Å². The first-order valence-electron chi connectivity index (χ1n) is 9.43. The van der Waals surface area contributed by atoms with Crippen LogP contribution in [0.5, 0.6) is 0 Å². The maximum atomic E-state index is 12.7. The fourth-order valence-electron chi connectivity index (χ4n) is 3.12. The van der Waals surface area contributed by atoms with E-state index in [4.69, 9.17) is 11.6 Å². The van der Waals surface area contributed by atoms with E-state index >= 15 is 0 Å². The number of rotatable bonds is 6. The molecule has 0 spiro atoms. The minimum absolute atomic E-state index is 0.151. The van der Waals surface area contributed by atoms with Gasteiger partial charge in [0.05, 0.1) is 27.2 Å². The Kier molecular flexibility index (Phi) is 6.48. The molecule has 0 heterocycles. The van der Waals surface area contributed by atoms with Gasteiger partial charge in [0.15, 0.2) is 0 Å². The van der Waals surface area contributed by atoms with Crippen LogP contribution < -0.4 is 10.0 Å². The second-order valence-corrected chi connectivity index (χ2v) is 9.25. The molecule has 0 aromatic heterocycles. The zero-order valence-electron chi connectivity index (χ0n) is 16.9. The van der Waals surface area contributed by atoms with Gasteiger partial charge >= 0.3 is 0 Å². The van der Waals surface area contributed by atoms with Crippen LogP contribution in [0.2, 0.25) is 5.02 Å². The van der Waals surface area contributed by atoms with Gasteiger partial charge in [0.2, 0.25) is 0 Å². The summed E-state index contributed by atoms with van der Waals surface area (Å²) in [5, 5.41) is 3.09. The molecule has 0 radical (unpaired) electrons. The lowest BCUT2D eigenvalue weighted by atomic mass is 10.0. The molecule has 3 aromatic carbocycles. The van der Waals surface area contributed by atoms with Crippen LogP contribution in [0, 0.1) is 13.8 Å². The van der Waals surface area contributed by atoms with Gasteiger partial charge in [0.1, 0.15) is 0 Å². The standard InChI is InChI=1S/C23H23ClN2O3S/c1-15-8-11-19(12-9-15)30(28,29)26-18-10-13-21(22(24)14-18)23(27)25-17(3)20-7-5-4-6-16(20)2/h4-14,17,26H,1-3H3,(H,25,27)/t17-/m0/s1. The maximum Gasteiger partial charge on any atom is 0.261 e. The number of carbonyl (C=O) groups is 1. The minimum Gasteiger partial charge on any atom is -0.345 e. The lowest BCUT2D eigenvalue weighted by Gasteiger charge is -2.17. The number of aryl methyl sites for hydroxylation is 2. The number of hydrogen-bond donors (Lipinski definition) is 2.